The van der Waals surface area contributed by atoms with Crippen molar-refractivity contribution in [1.29, 1.82) is 0 Å². The summed E-state index contributed by atoms with van der Waals surface area (Å²) in [6.45, 7) is 1.85. The zero-order valence-electron chi connectivity index (χ0n) is 11.5. The molecule has 1 N–H and O–H groups in total. The van der Waals surface area contributed by atoms with Gasteiger partial charge in [-0.1, -0.05) is 6.07 Å². The zero-order valence-corrected chi connectivity index (χ0v) is 11.5. The molecule has 0 bridgehead atoms. The summed E-state index contributed by atoms with van der Waals surface area (Å²) >= 11 is 0. The Balaban J connectivity index is 2.27. The van der Waals surface area contributed by atoms with Crippen molar-refractivity contribution >= 4 is 17.6 Å². The average molecular weight is 273 g/mol. The van der Waals surface area contributed by atoms with E-state index in [1.807, 2.05) is 6.92 Å². The highest BCUT2D eigenvalue weighted by molar-refractivity contribution is 6.04. The number of rotatable bonds is 3. The molecule has 0 spiro atoms. The van der Waals surface area contributed by atoms with Gasteiger partial charge in [-0.25, -0.2) is 9.78 Å². The van der Waals surface area contributed by atoms with Gasteiger partial charge in [0.25, 0.3) is 5.91 Å². The SMILES string of the molecule is COC(=O)c1ccc(C)c(NC(=O)c2cncn2C)c1. The van der Waals surface area contributed by atoms with Crippen LogP contribution in [0.1, 0.15) is 26.4 Å². The number of aryl methyl sites for hydroxylation is 2. The third-order valence-corrected chi connectivity index (χ3v) is 2.96. The summed E-state index contributed by atoms with van der Waals surface area (Å²) in [4.78, 5) is 27.5. The van der Waals surface area contributed by atoms with E-state index in [4.69, 9.17) is 0 Å². The molecule has 1 heterocycles. The molecular weight excluding hydrogens is 258 g/mol. The van der Waals surface area contributed by atoms with E-state index in [9.17, 15) is 9.59 Å². The van der Waals surface area contributed by atoms with E-state index < -0.39 is 5.97 Å². The van der Waals surface area contributed by atoms with Crippen molar-refractivity contribution in [3.05, 3.63) is 47.5 Å². The summed E-state index contributed by atoms with van der Waals surface area (Å²) in [6.07, 6.45) is 3.03. The van der Waals surface area contributed by atoms with Gasteiger partial charge in [0.2, 0.25) is 0 Å². The molecule has 2 rings (SSSR count). The number of nitrogens with one attached hydrogen (secondary N) is 1. The second-order valence-corrected chi connectivity index (χ2v) is 4.37. The molecule has 1 amide bonds. The molecule has 2 aromatic rings. The molecule has 6 heteroatoms. The Morgan fingerprint density at radius 2 is 2.10 bits per heavy atom. The van der Waals surface area contributed by atoms with Crippen molar-refractivity contribution < 1.29 is 14.3 Å². The van der Waals surface area contributed by atoms with Crippen LogP contribution in [0.2, 0.25) is 0 Å². The van der Waals surface area contributed by atoms with Gasteiger partial charge in [-0.05, 0) is 24.6 Å². The first-order valence-corrected chi connectivity index (χ1v) is 5.99. The van der Waals surface area contributed by atoms with Gasteiger partial charge >= 0.3 is 5.97 Å². The number of anilines is 1. The number of imidazole rings is 1. The van der Waals surface area contributed by atoms with Gasteiger partial charge < -0.3 is 14.6 Å². The summed E-state index contributed by atoms with van der Waals surface area (Å²) in [5.74, 6) is -0.726. The van der Waals surface area contributed by atoms with Crippen LogP contribution < -0.4 is 5.32 Å². The lowest BCUT2D eigenvalue weighted by atomic mass is 10.1. The van der Waals surface area contributed by atoms with Crippen LogP contribution in [-0.4, -0.2) is 28.5 Å². The Morgan fingerprint density at radius 3 is 2.70 bits per heavy atom. The highest BCUT2D eigenvalue weighted by Crippen LogP contribution is 2.18. The Kier molecular flexibility index (Phi) is 3.84. The van der Waals surface area contributed by atoms with Crippen LogP contribution in [0.5, 0.6) is 0 Å². The topological polar surface area (TPSA) is 73.2 Å². The molecule has 6 nitrogen and oxygen atoms in total. The van der Waals surface area contributed by atoms with Crippen molar-refractivity contribution in [2.75, 3.05) is 12.4 Å². The Bertz CT molecular complexity index is 661. The van der Waals surface area contributed by atoms with E-state index in [-0.39, 0.29) is 5.91 Å². The maximum atomic E-state index is 12.1. The molecule has 0 aliphatic carbocycles. The minimum absolute atomic E-state index is 0.282. The average Bonchev–Trinajstić information content (AvgIpc) is 2.86. The largest absolute Gasteiger partial charge is 0.465 e. The Hall–Kier alpha value is -2.63. The van der Waals surface area contributed by atoms with Gasteiger partial charge in [0, 0.05) is 12.7 Å². The van der Waals surface area contributed by atoms with Gasteiger partial charge in [-0.2, -0.15) is 0 Å². The van der Waals surface area contributed by atoms with Crippen molar-refractivity contribution in [3.8, 4) is 0 Å². The smallest absolute Gasteiger partial charge is 0.337 e. The first-order valence-electron chi connectivity index (χ1n) is 5.99. The fourth-order valence-electron chi connectivity index (χ4n) is 1.76. The minimum atomic E-state index is -0.443. The van der Waals surface area contributed by atoms with Gasteiger partial charge in [-0.15, -0.1) is 0 Å². The van der Waals surface area contributed by atoms with Crippen LogP contribution in [-0.2, 0) is 11.8 Å². The number of ether oxygens (including phenoxy) is 1. The molecule has 20 heavy (non-hydrogen) atoms. The number of esters is 1. The molecule has 0 atom stereocenters. The first kappa shape index (κ1) is 13.8. The summed E-state index contributed by atoms with van der Waals surface area (Å²) in [5, 5.41) is 2.77. The lowest BCUT2D eigenvalue weighted by Gasteiger charge is -2.10. The lowest BCUT2D eigenvalue weighted by Crippen LogP contribution is -2.16. The van der Waals surface area contributed by atoms with Crippen LogP contribution >= 0.6 is 0 Å². The first-order chi connectivity index (χ1) is 9.52. The predicted octanol–water partition coefficient (Wildman–Crippen LogP) is 1.77. The van der Waals surface area contributed by atoms with Gasteiger partial charge in [0.15, 0.2) is 0 Å². The van der Waals surface area contributed by atoms with Crippen molar-refractivity contribution in [3.63, 3.8) is 0 Å². The van der Waals surface area contributed by atoms with Crippen molar-refractivity contribution in [2.24, 2.45) is 7.05 Å². The van der Waals surface area contributed by atoms with Crippen molar-refractivity contribution in [2.45, 2.75) is 6.92 Å². The number of carbonyl (C=O) groups is 2. The van der Waals surface area contributed by atoms with E-state index in [1.54, 1.807) is 36.1 Å². The molecule has 0 aliphatic rings. The lowest BCUT2D eigenvalue weighted by molar-refractivity contribution is 0.0600. The second kappa shape index (κ2) is 5.56. The maximum absolute atomic E-state index is 12.1. The second-order valence-electron chi connectivity index (χ2n) is 4.37. The molecule has 0 fully saturated rings. The van der Waals surface area contributed by atoms with Crippen LogP contribution in [0.25, 0.3) is 0 Å². The standard InChI is InChI=1S/C14H15N3O3/c1-9-4-5-10(14(19)20-3)6-11(9)16-13(18)12-7-15-8-17(12)2/h4-8H,1-3H3,(H,16,18). The van der Waals surface area contributed by atoms with E-state index in [2.05, 4.69) is 15.0 Å². The van der Waals surface area contributed by atoms with Crippen LogP contribution in [0.3, 0.4) is 0 Å². The summed E-state index contributed by atoms with van der Waals surface area (Å²) < 4.78 is 6.28. The molecule has 0 unspecified atom stereocenters. The number of benzene rings is 1. The minimum Gasteiger partial charge on any atom is -0.465 e. The van der Waals surface area contributed by atoms with E-state index in [0.717, 1.165) is 5.56 Å². The molecular formula is C14H15N3O3. The van der Waals surface area contributed by atoms with E-state index >= 15 is 0 Å². The monoisotopic (exact) mass is 273 g/mol. The number of amides is 1. The predicted molar refractivity (Wildman–Crippen MR) is 73.7 cm³/mol. The maximum Gasteiger partial charge on any atom is 0.337 e. The van der Waals surface area contributed by atoms with E-state index in [1.165, 1.54) is 13.3 Å². The van der Waals surface area contributed by atoms with Crippen LogP contribution in [0.4, 0.5) is 5.69 Å². The Morgan fingerprint density at radius 1 is 1.35 bits per heavy atom. The molecule has 1 aromatic heterocycles. The third-order valence-electron chi connectivity index (χ3n) is 2.96. The summed E-state index contributed by atoms with van der Waals surface area (Å²) in [7, 11) is 3.05. The fraction of sp³-hybridized carbons (Fsp3) is 0.214. The molecule has 0 aliphatic heterocycles. The van der Waals surface area contributed by atoms with E-state index in [0.29, 0.717) is 16.9 Å². The molecule has 0 radical (unpaired) electrons. The normalized spacial score (nSPS) is 10.2. The molecule has 104 valence electrons. The quantitative estimate of drug-likeness (QED) is 0.865. The van der Waals surface area contributed by atoms with Gasteiger partial charge in [0.1, 0.15) is 5.69 Å². The van der Waals surface area contributed by atoms with Gasteiger partial charge in [0.05, 0.1) is 25.2 Å². The van der Waals surface area contributed by atoms with Crippen LogP contribution in [0.15, 0.2) is 30.7 Å². The Labute approximate surface area is 116 Å². The molecule has 0 saturated heterocycles. The third kappa shape index (κ3) is 2.69. The fourth-order valence-corrected chi connectivity index (χ4v) is 1.76. The highest BCUT2D eigenvalue weighted by Gasteiger charge is 2.13. The number of methoxy groups -OCH3 is 1. The summed E-state index contributed by atoms with van der Waals surface area (Å²) in [5.41, 5.74) is 2.25. The van der Waals surface area contributed by atoms with Crippen molar-refractivity contribution in [1.82, 2.24) is 9.55 Å². The van der Waals surface area contributed by atoms with Gasteiger partial charge in [-0.3, -0.25) is 4.79 Å². The molecule has 1 aromatic carbocycles. The number of hydrogen-bond acceptors (Lipinski definition) is 4. The number of carbonyl (C=O) groups excluding carboxylic acids is 2. The summed E-state index contributed by atoms with van der Waals surface area (Å²) in [6, 6.07) is 5.00. The zero-order chi connectivity index (χ0) is 14.7. The highest BCUT2D eigenvalue weighted by atomic mass is 16.5. The number of nitrogens with zero attached hydrogens (tertiary/aromatic N) is 2. The van der Waals surface area contributed by atoms with Crippen LogP contribution in [0, 0.1) is 6.92 Å². The number of hydrogen-bond donors (Lipinski definition) is 1. The molecule has 0 saturated carbocycles. The number of aromatic nitrogens is 2.